The van der Waals surface area contributed by atoms with Gasteiger partial charge in [0, 0.05) is 39.3 Å². The fraction of sp³-hybridized carbons (Fsp3) is 0.952. The summed E-state index contributed by atoms with van der Waals surface area (Å²) in [6, 6.07) is 0. The van der Waals surface area contributed by atoms with Gasteiger partial charge in [0.05, 0.1) is 18.8 Å². The lowest BCUT2D eigenvalue weighted by Gasteiger charge is -2.35. The molecule has 1 N–H and O–H groups in total. The number of likely N-dealkylation sites (tertiary alicyclic amines) is 2. The molecule has 0 aromatic rings. The molecule has 2 unspecified atom stereocenters. The van der Waals surface area contributed by atoms with Crippen LogP contribution in [0.25, 0.3) is 0 Å². The van der Waals surface area contributed by atoms with Crippen molar-refractivity contribution in [1.82, 2.24) is 15.1 Å². The highest BCUT2D eigenvalue weighted by molar-refractivity contribution is 5.80. The van der Waals surface area contributed by atoms with Crippen LogP contribution in [0.3, 0.4) is 0 Å². The van der Waals surface area contributed by atoms with Gasteiger partial charge in [-0.1, -0.05) is 0 Å². The van der Waals surface area contributed by atoms with Crippen molar-refractivity contribution >= 4 is 5.96 Å². The lowest BCUT2D eigenvalue weighted by atomic mass is 9.99. The molecule has 0 aromatic heterocycles. The Kier molecular flexibility index (Phi) is 8.68. The molecule has 0 aliphatic carbocycles. The van der Waals surface area contributed by atoms with Gasteiger partial charge in [-0.2, -0.15) is 0 Å². The smallest absolute Gasteiger partial charge is 0.193 e. The molecule has 0 bridgehead atoms. The number of hydrogen-bond donors (Lipinski definition) is 1. The maximum atomic E-state index is 6.16. The Morgan fingerprint density at radius 3 is 2.67 bits per heavy atom. The van der Waals surface area contributed by atoms with Crippen molar-refractivity contribution < 1.29 is 9.47 Å². The fourth-order valence-electron chi connectivity index (χ4n) is 4.48. The fourth-order valence-corrected chi connectivity index (χ4v) is 4.48. The molecule has 156 valence electrons. The van der Waals surface area contributed by atoms with Crippen LogP contribution in [0.2, 0.25) is 0 Å². The second kappa shape index (κ2) is 11.2. The van der Waals surface area contributed by atoms with Gasteiger partial charge < -0.3 is 24.6 Å². The van der Waals surface area contributed by atoms with Gasteiger partial charge in [0.1, 0.15) is 0 Å². The van der Waals surface area contributed by atoms with E-state index < -0.39 is 0 Å². The Morgan fingerprint density at radius 2 is 1.96 bits per heavy atom. The summed E-state index contributed by atoms with van der Waals surface area (Å²) in [6.45, 7) is 10.2. The van der Waals surface area contributed by atoms with Crippen LogP contribution in [0.5, 0.6) is 0 Å². The number of nitrogens with zero attached hydrogens (tertiary/aromatic N) is 3. The number of piperidine rings is 2. The van der Waals surface area contributed by atoms with Crippen molar-refractivity contribution in [3.63, 3.8) is 0 Å². The molecule has 3 heterocycles. The van der Waals surface area contributed by atoms with E-state index in [1.807, 2.05) is 0 Å². The number of guanidine groups is 1. The maximum absolute atomic E-state index is 6.16. The summed E-state index contributed by atoms with van der Waals surface area (Å²) in [6.07, 6.45) is 9.14. The van der Waals surface area contributed by atoms with Crippen LogP contribution >= 0.6 is 0 Å². The van der Waals surface area contributed by atoms with Gasteiger partial charge in [-0.3, -0.25) is 4.99 Å². The van der Waals surface area contributed by atoms with Crippen LogP contribution in [-0.4, -0.2) is 87.5 Å². The predicted molar refractivity (Wildman–Crippen MR) is 110 cm³/mol. The highest BCUT2D eigenvalue weighted by atomic mass is 16.5. The second-order valence-corrected chi connectivity index (χ2v) is 8.47. The molecule has 3 aliphatic rings. The summed E-state index contributed by atoms with van der Waals surface area (Å²) in [4.78, 5) is 9.85. The monoisotopic (exact) mass is 380 g/mol. The topological polar surface area (TPSA) is 49.3 Å². The minimum atomic E-state index is 0.323. The Labute approximate surface area is 165 Å². The minimum absolute atomic E-state index is 0.323. The van der Waals surface area contributed by atoms with E-state index >= 15 is 0 Å². The Bertz CT molecular complexity index is 445. The molecule has 6 heteroatoms. The van der Waals surface area contributed by atoms with Crippen LogP contribution in [0.15, 0.2) is 4.99 Å². The standard InChI is InChI=1S/C21H40N4O2/c1-3-22-21(23-15-18-7-6-11-24(2)16-18)25-12-9-19(10-13-25)27-17-20-8-4-5-14-26-20/h18-20H,3-17H2,1-2H3,(H,22,23). The van der Waals surface area contributed by atoms with Crippen molar-refractivity contribution in [2.24, 2.45) is 10.9 Å². The van der Waals surface area contributed by atoms with Gasteiger partial charge in [-0.15, -0.1) is 0 Å². The predicted octanol–water partition coefficient (Wildman–Crippen LogP) is 2.34. The third-order valence-corrected chi connectivity index (χ3v) is 6.09. The number of rotatable bonds is 6. The van der Waals surface area contributed by atoms with E-state index in [0.717, 1.165) is 64.6 Å². The summed E-state index contributed by atoms with van der Waals surface area (Å²) in [5, 5.41) is 3.50. The summed E-state index contributed by atoms with van der Waals surface area (Å²) in [7, 11) is 2.23. The zero-order valence-corrected chi connectivity index (χ0v) is 17.5. The first-order valence-electron chi connectivity index (χ1n) is 11.2. The molecule has 2 atom stereocenters. The number of ether oxygens (including phenoxy) is 2. The van der Waals surface area contributed by atoms with E-state index in [1.54, 1.807) is 0 Å². The SMILES string of the molecule is CCNC(=NCC1CCCN(C)C1)N1CCC(OCC2CCCCO2)CC1. The molecular weight excluding hydrogens is 340 g/mol. The van der Waals surface area contributed by atoms with E-state index in [2.05, 4.69) is 29.1 Å². The molecule has 0 spiro atoms. The lowest BCUT2D eigenvalue weighted by Crippen LogP contribution is -2.47. The Hall–Kier alpha value is -0.850. The third kappa shape index (κ3) is 6.91. The zero-order valence-electron chi connectivity index (χ0n) is 17.5. The van der Waals surface area contributed by atoms with E-state index in [0.29, 0.717) is 18.1 Å². The molecule has 3 fully saturated rings. The molecule has 0 saturated carbocycles. The average molecular weight is 381 g/mol. The van der Waals surface area contributed by atoms with Gasteiger partial charge in [0.15, 0.2) is 5.96 Å². The third-order valence-electron chi connectivity index (χ3n) is 6.09. The number of nitrogens with one attached hydrogen (secondary N) is 1. The van der Waals surface area contributed by atoms with Gasteiger partial charge in [-0.05, 0) is 71.4 Å². The minimum Gasteiger partial charge on any atom is -0.376 e. The van der Waals surface area contributed by atoms with Crippen molar-refractivity contribution in [1.29, 1.82) is 0 Å². The molecule has 0 radical (unpaired) electrons. The molecule has 6 nitrogen and oxygen atoms in total. The first-order chi connectivity index (χ1) is 13.2. The van der Waals surface area contributed by atoms with Crippen LogP contribution < -0.4 is 5.32 Å². The molecule has 3 saturated heterocycles. The quantitative estimate of drug-likeness (QED) is 0.566. The lowest BCUT2D eigenvalue weighted by molar-refractivity contribution is -0.0721. The van der Waals surface area contributed by atoms with E-state index in [9.17, 15) is 0 Å². The summed E-state index contributed by atoms with van der Waals surface area (Å²) in [5.41, 5.74) is 0. The molecule has 0 aromatic carbocycles. The Morgan fingerprint density at radius 1 is 1.11 bits per heavy atom. The van der Waals surface area contributed by atoms with Gasteiger partial charge in [0.2, 0.25) is 0 Å². The van der Waals surface area contributed by atoms with E-state index in [1.165, 1.54) is 38.8 Å². The van der Waals surface area contributed by atoms with Crippen molar-refractivity contribution in [3.8, 4) is 0 Å². The largest absolute Gasteiger partial charge is 0.376 e. The first kappa shape index (κ1) is 20.9. The van der Waals surface area contributed by atoms with E-state index in [4.69, 9.17) is 14.5 Å². The van der Waals surface area contributed by atoms with Crippen LogP contribution in [0, 0.1) is 5.92 Å². The summed E-state index contributed by atoms with van der Waals surface area (Å²) >= 11 is 0. The maximum Gasteiger partial charge on any atom is 0.193 e. The highest BCUT2D eigenvalue weighted by Crippen LogP contribution is 2.19. The zero-order chi connectivity index (χ0) is 18.9. The molecule has 0 amide bonds. The molecule has 3 aliphatic heterocycles. The van der Waals surface area contributed by atoms with Gasteiger partial charge in [0.25, 0.3) is 0 Å². The first-order valence-corrected chi connectivity index (χ1v) is 11.2. The van der Waals surface area contributed by atoms with Crippen molar-refractivity contribution in [2.45, 2.75) is 64.1 Å². The molecule has 27 heavy (non-hydrogen) atoms. The van der Waals surface area contributed by atoms with Crippen molar-refractivity contribution in [3.05, 3.63) is 0 Å². The van der Waals surface area contributed by atoms with Crippen LogP contribution in [0.1, 0.15) is 51.9 Å². The summed E-state index contributed by atoms with van der Waals surface area (Å²) < 4.78 is 11.9. The number of aliphatic imine (C=N–C) groups is 1. The highest BCUT2D eigenvalue weighted by Gasteiger charge is 2.24. The van der Waals surface area contributed by atoms with E-state index in [-0.39, 0.29) is 0 Å². The summed E-state index contributed by atoms with van der Waals surface area (Å²) in [5.74, 6) is 1.80. The molecular formula is C21H40N4O2. The number of hydrogen-bond acceptors (Lipinski definition) is 4. The van der Waals surface area contributed by atoms with Crippen LogP contribution in [-0.2, 0) is 9.47 Å². The Balaban J connectivity index is 1.41. The normalized spacial score (nSPS) is 29.1. The molecule has 3 rings (SSSR count). The van der Waals surface area contributed by atoms with Gasteiger partial charge >= 0.3 is 0 Å². The second-order valence-electron chi connectivity index (χ2n) is 8.47. The van der Waals surface area contributed by atoms with Crippen LogP contribution in [0.4, 0.5) is 0 Å². The van der Waals surface area contributed by atoms with Gasteiger partial charge in [-0.25, -0.2) is 0 Å². The van der Waals surface area contributed by atoms with Crippen molar-refractivity contribution in [2.75, 3.05) is 59.5 Å². The average Bonchev–Trinajstić information content (AvgIpc) is 2.71.